The molecule has 0 radical (unpaired) electrons. The van der Waals surface area contributed by atoms with Crippen LogP contribution in [0.2, 0.25) is 0 Å². The Morgan fingerprint density at radius 2 is 1.78 bits per heavy atom. The van der Waals surface area contributed by atoms with Crippen molar-refractivity contribution in [3.8, 4) is 0 Å². The number of rotatable bonds is 15. The summed E-state index contributed by atoms with van der Waals surface area (Å²) in [5.74, 6) is -1.90. The molecular formula is C27H38N2O8. The van der Waals surface area contributed by atoms with Crippen molar-refractivity contribution in [3.63, 3.8) is 0 Å². The van der Waals surface area contributed by atoms with E-state index in [4.69, 9.17) is 23.7 Å². The monoisotopic (exact) mass is 518 g/mol. The molecule has 1 heterocycles. The van der Waals surface area contributed by atoms with Crippen LogP contribution in [0.15, 0.2) is 55.6 Å². The van der Waals surface area contributed by atoms with E-state index in [1.165, 1.54) is 12.2 Å². The summed E-state index contributed by atoms with van der Waals surface area (Å²) in [4.78, 5) is 39.3. The van der Waals surface area contributed by atoms with Crippen LogP contribution in [0.25, 0.3) is 0 Å². The molecule has 37 heavy (non-hydrogen) atoms. The lowest BCUT2D eigenvalue weighted by molar-refractivity contribution is -0.207. The second-order valence-corrected chi connectivity index (χ2v) is 8.55. The van der Waals surface area contributed by atoms with E-state index in [1.54, 1.807) is 13.8 Å². The highest BCUT2D eigenvalue weighted by Crippen LogP contribution is 2.28. The summed E-state index contributed by atoms with van der Waals surface area (Å²) in [5, 5.41) is 5.92. The molecule has 1 aliphatic heterocycles. The third-order valence-electron chi connectivity index (χ3n) is 5.75. The van der Waals surface area contributed by atoms with Crippen LogP contribution in [0.5, 0.6) is 0 Å². The van der Waals surface area contributed by atoms with Gasteiger partial charge in [-0.05, 0) is 18.9 Å². The maximum absolute atomic E-state index is 13.4. The van der Waals surface area contributed by atoms with Gasteiger partial charge in [-0.25, -0.2) is 14.4 Å². The van der Waals surface area contributed by atoms with E-state index >= 15 is 0 Å². The summed E-state index contributed by atoms with van der Waals surface area (Å²) in [7, 11) is 0. The maximum Gasteiger partial charge on any atom is 0.407 e. The zero-order valence-electron chi connectivity index (χ0n) is 21.6. The van der Waals surface area contributed by atoms with E-state index in [1.807, 2.05) is 30.3 Å². The number of esters is 2. The average molecular weight is 519 g/mol. The van der Waals surface area contributed by atoms with Gasteiger partial charge in [0.05, 0.1) is 18.8 Å². The number of alkyl carbamates (subject to hydrolysis) is 1. The Morgan fingerprint density at radius 1 is 1.14 bits per heavy atom. The number of amides is 1. The summed E-state index contributed by atoms with van der Waals surface area (Å²) in [6, 6.07) is 8.52. The van der Waals surface area contributed by atoms with E-state index in [2.05, 4.69) is 23.8 Å². The highest BCUT2D eigenvalue weighted by Gasteiger charge is 2.54. The molecule has 1 amide bonds. The summed E-state index contributed by atoms with van der Waals surface area (Å²) < 4.78 is 27.8. The van der Waals surface area contributed by atoms with Gasteiger partial charge >= 0.3 is 18.0 Å². The molecule has 1 aromatic carbocycles. The number of hydrogen-bond donors (Lipinski definition) is 2. The molecule has 204 valence electrons. The van der Waals surface area contributed by atoms with E-state index in [0.717, 1.165) is 5.56 Å². The number of ether oxygens (including phenoxy) is 5. The predicted molar refractivity (Wildman–Crippen MR) is 137 cm³/mol. The molecule has 0 spiro atoms. The zero-order chi connectivity index (χ0) is 27.1. The molecule has 0 saturated carbocycles. The Bertz CT molecular complexity index is 862. The van der Waals surface area contributed by atoms with Gasteiger partial charge in [-0.3, -0.25) is 0 Å². The van der Waals surface area contributed by atoms with Crippen molar-refractivity contribution < 1.29 is 38.1 Å². The highest BCUT2D eigenvalue weighted by molar-refractivity contribution is 6.04. The van der Waals surface area contributed by atoms with Crippen LogP contribution >= 0.6 is 0 Å². The predicted octanol–water partition coefficient (Wildman–Crippen LogP) is 2.67. The van der Waals surface area contributed by atoms with Crippen molar-refractivity contribution in [2.45, 2.75) is 57.1 Å². The highest BCUT2D eigenvalue weighted by atomic mass is 16.6. The Hall–Kier alpha value is -3.21. The van der Waals surface area contributed by atoms with Gasteiger partial charge in [0, 0.05) is 25.6 Å². The summed E-state index contributed by atoms with van der Waals surface area (Å²) >= 11 is 0. The first-order valence-electron chi connectivity index (χ1n) is 12.4. The minimum absolute atomic E-state index is 0.0660. The summed E-state index contributed by atoms with van der Waals surface area (Å²) in [5.41, 5.74) is -1.36. The topological polar surface area (TPSA) is 121 Å². The lowest BCUT2D eigenvalue weighted by Crippen LogP contribution is -2.59. The molecule has 2 N–H and O–H groups in total. The molecule has 2 rings (SSSR count). The van der Waals surface area contributed by atoms with Crippen molar-refractivity contribution in [1.82, 2.24) is 10.6 Å². The summed E-state index contributed by atoms with van der Waals surface area (Å²) in [6.45, 7) is 12.0. The van der Waals surface area contributed by atoms with Crippen LogP contribution in [0.4, 0.5) is 4.79 Å². The molecule has 3 atom stereocenters. The van der Waals surface area contributed by atoms with Gasteiger partial charge in [0.15, 0.2) is 0 Å². The Kier molecular flexibility index (Phi) is 12.8. The lowest BCUT2D eigenvalue weighted by atomic mass is 9.92. The summed E-state index contributed by atoms with van der Waals surface area (Å²) in [6.07, 6.45) is 1.07. The van der Waals surface area contributed by atoms with Crippen LogP contribution in [0, 0.1) is 0 Å². The fourth-order valence-electron chi connectivity index (χ4n) is 3.75. The molecule has 0 aliphatic carbocycles. The first-order valence-corrected chi connectivity index (χ1v) is 12.4. The van der Waals surface area contributed by atoms with Crippen LogP contribution in [0.1, 0.15) is 32.3 Å². The fraction of sp³-hybridized carbons (Fsp3) is 0.519. The molecule has 0 bridgehead atoms. The molecule has 1 aliphatic rings. The SMILES string of the molecule is C=CCOC(=O)C(CC(CC)NC(=O)OCc1ccccc1)(OC(C)C1CNCCO1)C(=O)OCC=C. The van der Waals surface area contributed by atoms with Crippen molar-refractivity contribution in [3.05, 3.63) is 61.2 Å². The van der Waals surface area contributed by atoms with Gasteiger partial charge in [0.25, 0.3) is 5.60 Å². The molecule has 10 nitrogen and oxygen atoms in total. The Labute approximate surface area is 218 Å². The second kappa shape index (κ2) is 15.8. The van der Waals surface area contributed by atoms with Crippen molar-refractivity contribution in [1.29, 1.82) is 0 Å². The number of carbonyl (C=O) groups excluding carboxylic acids is 3. The van der Waals surface area contributed by atoms with E-state index in [9.17, 15) is 14.4 Å². The minimum atomic E-state index is -2.18. The fourth-order valence-corrected chi connectivity index (χ4v) is 3.75. The van der Waals surface area contributed by atoms with Crippen LogP contribution in [-0.2, 0) is 39.9 Å². The first-order chi connectivity index (χ1) is 17.9. The molecule has 1 aromatic rings. The molecule has 1 fully saturated rings. The second-order valence-electron chi connectivity index (χ2n) is 8.55. The number of benzene rings is 1. The molecule has 1 saturated heterocycles. The zero-order valence-corrected chi connectivity index (χ0v) is 21.6. The largest absolute Gasteiger partial charge is 0.459 e. The van der Waals surface area contributed by atoms with E-state index in [0.29, 0.717) is 26.1 Å². The number of carbonyl (C=O) groups is 3. The minimum Gasteiger partial charge on any atom is -0.459 e. The van der Waals surface area contributed by atoms with Crippen LogP contribution in [0.3, 0.4) is 0 Å². The van der Waals surface area contributed by atoms with Gasteiger partial charge in [0.2, 0.25) is 0 Å². The number of morpholine rings is 1. The molecular weight excluding hydrogens is 480 g/mol. The van der Waals surface area contributed by atoms with E-state index < -0.39 is 41.9 Å². The van der Waals surface area contributed by atoms with Gasteiger partial charge in [-0.15, -0.1) is 0 Å². The van der Waals surface area contributed by atoms with Gasteiger partial charge in [-0.1, -0.05) is 62.6 Å². The average Bonchev–Trinajstić information content (AvgIpc) is 2.93. The number of nitrogens with one attached hydrogen (secondary N) is 2. The van der Waals surface area contributed by atoms with Crippen LogP contribution in [-0.4, -0.2) is 74.8 Å². The van der Waals surface area contributed by atoms with Crippen LogP contribution < -0.4 is 10.6 Å². The smallest absolute Gasteiger partial charge is 0.407 e. The van der Waals surface area contributed by atoms with Gasteiger partial charge in [-0.2, -0.15) is 0 Å². The van der Waals surface area contributed by atoms with Crippen molar-refractivity contribution >= 4 is 18.0 Å². The third kappa shape index (κ3) is 9.31. The Balaban J connectivity index is 2.27. The third-order valence-corrected chi connectivity index (χ3v) is 5.75. The molecule has 10 heteroatoms. The van der Waals surface area contributed by atoms with Gasteiger partial charge in [0.1, 0.15) is 19.8 Å². The molecule has 0 aromatic heterocycles. The van der Waals surface area contributed by atoms with E-state index in [-0.39, 0.29) is 26.2 Å². The quantitative estimate of drug-likeness (QED) is 0.156. The standard InChI is InChI=1S/C27H38N2O8/c1-5-14-34-24(30)27(25(31)35-15-6-2,37-20(4)23-18-28-13-16-33-23)17-22(7-3)29-26(32)36-19-21-11-9-8-10-12-21/h5-6,8-12,20,22-23,28H,1-2,7,13-19H2,3-4H3,(H,29,32). The number of hydrogen-bond acceptors (Lipinski definition) is 9. The normalized spacial score (nSPS) is 17.1. The van der Waals surface area contributed by atoms with Crippen molar-refractivity contribution in [2.24, 2.45) is 0 Å². The Morgan fingerprint density at radius 3 is 2.32 bits per heavy atom. The molecule has 3 unspecified atom stereocenters. The maximum atomic E-state index is 13.4. The van der Waals surface area contributed by atoms with Crippen molar-refractivity contribution in [2.75, 3.05) is 32.9 Å². The first kappa shape index (κ1) is 30.0. The van der Waals surface area contributed by atoms with Gasteiger partial charge < -0.3 is 34.3 Å². The lowest BCUT2D eigenvalue weighted by Gasteiger charge is -2.37.